The van der Waals surface area contributed by atoms with Crippen LogP contribution in [0.3, 0.4) is 0 Å². The predicted octanol–water partition coefficient (Wildman–Crippen LogP) is 1.18. The molecule has 96 valence electrons. The van der Waals surface area contributed by atoms with Gasteiger partial charge < -0.3 is 10.2 Å². The van der Waals surface area contributed by atoms with Crippen LogP contribution in [0.5, 0.6) is 0 Å². The standard InChI is InChI=1S/C7H8F6O3/c8-6(9,10)4(15)2-1-3(14)5(16)7(11,12)13/h4-5,15-16H,1-2H2. The van der Waals surface area contributed by atoms with Gasteiger partial charge in [-0.3, -0.25) is 4.79 Å². The van der Waals surface area contributed by atoms with Gasteiger partial charge in [0.05, 0.1) is 0 Å². The van der Waals surface area contributed by atoms with Gasteiger partial charge in [0.15, 0.2) is 5.78 Å². The van der Waals surface area contributed by atoms with Crippen molar-refractivity contribution < 1.29 is 41.4 Å². The minimum atomic E-state index is -5.21. The Balaban J connectivity index is 4.19. The summed E-state index contributed by atoms with van der Waals surface area (Å²) in [5.74, 6) is -1.81. The van der Waals surface area contributed by atoms with E-state index in [0.29, 0.717) is 0 Å². The molecule has 0 aromatic carbocycles. The molecule has 0 aromatic heterocycles. The monoisotopic (exact) mass is 254 g/mol. The molecular formula is C7H8F6O3. The molecule has 0 radical (unpaired) electrons. The van der Waals surface area contributed by atoms with Gasteiger partial charge in [-0.05, 0) is 6.42 Å². The second kappa shape index (κ2) is 5.00. The van der Waals surface area contributed by atoms with Crippen LogP contribution in [0.1, 0.15) is 12.8 Å². The highest BCUT2D eigenvalue weighted by atomic mass is 19.4. The number of ketones is 1. The van der Waals surface area contributed by atoms with Crippen molar-refractivity contribution >= 4 is 5.78 Å². The fraction of sp³-hybridized carbons (Fsp3) is 0.857. The lowest BCUT2D eigenvalue weighted by atomic mass is 10.1. The van der Waals surface area contributed by atoms with E-state index in [4.69, 9.17) is 10.2 Å². The van der Waals surface area contributed by atoms with E-state index in [1.165, 1.54) is 0 Å². The third kappa shape index (κ3) is 4.79. The Morgan fingerprint density at radius 3 is 1.75 bits per heavy atom. The molecule has 0 spiro atoms. The fourth-order valence-corrected chi connectivity index (χ4v) is 0.762. The zero-order valence-electron chi connectivity index (χ0n) is 7.64. The Morgan fingerprint density at radius 2 is 1.44 bits per heavy atom. The minimum Gasteiger partial charge on any atom is -0.384 e. The first-order valence-electron chi connectivity index (χ1n) is 3.98. The maximum Gasteiger partial charge on any atom is 0.421 e. The molecule has 0 rings (SSSR count). The number of hydrogen-bond donors (Lipinski definition) is 2. The highest BCUT2D eigenvalue weighted by molar-refractivity contribution is 5.83. The maximum atomic E-state index is 11.7. The average Bonchev–Trinajstić information content (AvgIpc) is 2.09. The largest absolute Gasteiger partial charge is 0.421 e. The number of halogens is 6. The number of carbonyl (C=O) groups is 1. The average molecular weight is 254 g/mol. The molecule has 0 saturated carbocycles. The third-order valence-corrected chi connectivity index (χ3v) is 1.66. The molecule has 0 amide bonds. The number of Topliss-reactive ketones (excluding diaryl/α,β-unsaturated/α-hetero) is 1. The highest BCUT2D eigenvalue weighted by Crippen LogP contribution is 2.25. The van der Waals surface area contributed by atoms with Crippen LogP contribution in [0.4, 0.5) is 26.3 Å². The molecular weight excluding hydrogens is 246 g/mol. The van der Waals surface area contributed by atoms with Crippen LogP contribution in [0.15, 0.2) is 0 Å². The summed E-state index contributed by atoms with van der Waals surface area (Å²) >= 11 is 0. The first kappa shape index (κ1) is 15.2. The molecule has 16 heavy (non-hydrogen) atoms. The smallest absolute Gasteiger partial charge is 0.384 e. The summed E-state index contributed by atoms with van der Waals surface area (Å²) in [6.45, 7) is 0. The van der Waals surface area contributed by atoms with Crippen molar-refractivity contribution in [3.05, 3.63) is 0 Å². The van der Waals surface area contributed by atoms with Gasteiger partial charge in [0, 0.05) is 6.42 Å². The van der Waals surface area contributed by atoms with Crippen molar-refractivity contribution in [2.24, 2.45) is 0 Å². The summed E-state index contributed by atoms with van der Waals surface area (Å²) in [5.41, 5.74) is 0. The van der Waals surface area contributed by atoms with Crippen molar-refractivity contribution in [3.8, 4) is 0 Å². The van der Waals surface area contributed by atoms with Crippen LogP contribution in [-0.4, -0.2) is 40.6 Å². The Kier molecular flexibility index (Phi) is 4.74. The van der Waals surface area contributed by atoms with Crippen LogP contribution in [-0.2, 0) is 4.79 Å². The topological polar surface area (TPSA) is 57.5 Å². The first-order valence-corrected chi connectivity index (χ1v) is 3.98. The molecule has 2 N–H and O–H groups in total. The molecule has 0 saturated heterocycles. The van der Waals surface area contributed by atoms with Gasteiger partial charge in [-0.1, -0.05) is 0 Å². The molecule has 0 bridgehead atoms. The number of rotatable bonds is 4. The summed E-state index contributed by atoms with van der Waals surface area (Å²) in [4.78, 5) is 10.6. The molecule has 0 fully saturated rings. The lowest BCUT2D eigenvalue weighted by Crippen LogP contribution is -2.37. The SMILES string of the molecule is O=C(CCC(O)C(F)(F)F)C(O)C(F)(F)F. The van der Waals surface area contributed by atoms with Gasteiger partial charge in [-0.15, -0.1) is 0 Å². The Bertz CT molecular complexity index is 245. The second-order valence-electron chi connectivity index (χ2n) is 3.01. The van der Waals surface area contributed by atoms with Gasteiger partial charge in [0.2, 0.25) is 6.10 Å². The number of alkyl halides is 6. The molecule has 0 heterocycles. The van der Waals surface area contributed by atoms with Crippen molar-refractivity contribution in [2.75, 3.05) is 0 Å². The quantitative estimate of drug-likeness (QED) is 0.741. The van der Waals surface area contributed by atoms with E-state index < -0.39 is 43.2 Å². The van der Waals surface area contributed by atoms with Crippen molar-refractivity contribution in [1.82, 2.24) is 0 Å². The molecule has 0 aromatic rings. The summed E-state index contributed by atoms with van der Waals surface area (Å²) in [5, 5.41) is 16.7. The second-order valence-corrected chi connectivity index (χ2v) is 3.01. The Labute approximate surface area is 85.7 Å². The van der Waals surface area contributed by atoms with Gasteiger partial charge >= 0.3 is 12.4 Å². The summed E-state index contributed by atoms with van der Waals surface area (Å²) in [6.07, 6.45) is -18.8. The van der Waals surface area contributed by atoms with Gasteiger partial charge in [0.1, 0.15) is 6.10 Å². The molecule has 2 atom stereocenters. The van der Waals surface area contributed by atoms with E-state index in [-0.39, 0.29) is 0 Å². The van der Waals surface area contributed by atoms with E-state index >= 15 is 0 Å². The first-order chi connectivity index (χ1) is 6.96. The summed E-state index contributed by atoms with van der Waals surface area (Å²) in [7, 11) is 0. The number of carbonyl (C=O) groups excluding carboxylic acids is 1. The van der Waals surface area contributed by atoms with Crippen molar-refractivity contribution in [1.29, 1.82) is 0 Å². The van der Waals surface area contributed by atoms with E-state index in [0.717, 1.165) is 0 Å². The van der Waals surface area contributed by atoms with Gasteiger partial charge in [0.25, 0.3) is 0 Å². The van der Waals surface area contributed by atoms with Crippen molar-refractivity contribution in [3.63, 3.8) is 0 Å². The molecule has 0 aliphatic heterocycles. The molecule has 2 unspecified atom stereocenters. The number of hydrogen-bond acceptors (Lipinski definition) is 3. The predicted molar refractivity (Wildman–Crippen MR) is 38.4 cm³/mol. The van der Waals surface area contributed by atoms with Gasteiger partial charge in [-0.25, -0.2) is 0 Å². The minimum absolute atomic E-state index is 1.21. The normalized spacial score (nSPS) is 17.0. The van der Waals surface area contributed by atoms with E-state index in [1.807, 2.05) is 0 Å². The summed E-state index contributed by atoms with van der Waals surface area (Å²) in [6, 6.07) is 0. The van der Waals surface area contributed by atoms with Crippen LogP contribution in [0.2, 0.25) is 0 Å². The molecule has 3 nitrogen and oxygen atoms in total. The molecule has 0 aliphatic carbocycles. The zero-order valence-corrected chi connectivity index (χ0v) is 7.64. The van der Waals surface area contributed by atoms with E-state index in [1.54, 1.807) is 0 Å². The Hall–Kier alpha value is -0.830. The summed E-state index contributed by atoms with van der Waals surface area (Å²) < 4.78 is 70.2. The highest BCUT2D eigenvalue weighted by Gasteiger charge is 2.44. The lowest BCUT2D eigenvalue weighted by Gasteiger charge is -2.16. The number of aliphatic hydroxyl groups is 2. The fourth-order valence-electron chi connectivity index (χ4n) is 0.762. The van der Waals surface area contributed by atoms with Gasteiger partial charge in [-0.2, -0.15) is 26.3 Å². The third-order valence-electron chi connectivity index (χ3n) is 1.66. The molecule has 0 aliphatic rings. The maximum absolute atomic E-state index is 11.7. The van der Waals surface area contributed by atoms with E-state index in [2.05, 4.69) is 0 Å². The van der Waals surface area contributed by atoms with Crippen LogP contribution < -0.4 is 0 Å². The van der Waals surface area contributed by atoms with Crippen LogP contribution in [0, 0.1) is 0 Å². The van der Waals surface area contributed by atoms with Crippen LogP contribution >= 0.6 is 0 Å². The van der Waals surface area contributed by atoms with Crippen molar-refractivity contribution in [2.45, 2.75) is 37.4 Å². The Morgan fingerprint density at radius 1 is 1.00 bits per heavy atom. The van der Waals surface area contributed by atoms with E-state index in [9.17, 15) is 31.1 Å². The number of aliphatic hydroxyl groups excluding tert-OH is 2. The van der Waals surface area contributed by atoms with Crippen LogP contribution in [0.25, 0.3) is 0 Å². The zero-order chi connectivity index (χ0) is 13.1. The lowest BCUT2D eigenvalue weighted by molar-refractivity contribution is -0.210. The molecule has 9 heteroatoms.